The fourth-order valence-electron chi connectivity index (χ4n) is 1.07. The first-order valence-electron chi connectivity index (χ1n) is 4.48. The highest BCUT2D eigenvalue weighted by Crippen LogP contribution is 2.24. The van der Waals surface area contributed by atoms with Gasteiger partial charge in [-0.2, -0.15) is 0 Å². The topological polar surface area (TPSA) is 55.1 Å². The molecule has 1 amide bonds. The van der Waals surface area contributed by atoms with Crippen LogP contribution in [0.3, 0.4) is 0 Å². The van der Waals surface area contributed by atoms with Gasteiger partial charge in [-0.15, -0.1) is 0 Å². The number of halogens is 1. The molecular formula is C10H13ClN2O. The number of benzene rings is 1. The van der Waals surface area contributed by atoms with E-state index in [2.05, 4.69) is 5.32 Å². The maximum Gasteiger partial charge on any atom is 0.224 e. The van der Waals surface area contributed by atoms with Gasteiger partial charge in [0.25, 0.3) is 0 Å². The number of hydrogen-bond acceptors (Lipinski definition) is 2. The van der Waals surface area contributed by atoms with Gasteiger partial charge in [0.2, 0.25) is 5.91 Å². The van der Waals surface area contributed by atoms with E-state index in [0.717, 1.165) is 6.42 Å². The van der Waals surface area contributed by atoms with Crippen molar-refractivity contribution in [3.05, 3.63) is 23.2 Å². The molecule has 0 unspecified atom stereocenters. The maximum atomic E-state index is 11.2. The van der Waals surface area contributed by atoms with Crippen molar-refractivity contribution in [2.75, 3.05) is 11.1 Å². The van der Waals surface area contributed by atoms with Crippen LogP contribution in [0.2, 0.25) is 5.02 Å². The Hall–Kier alpha value is -1.22. The second-order valence-corrected chi connectivity index (χ2v) is 3.44. The lowest BCUT2D eigenvalue weighted by Gasteiger charge is -2.06. The molecule has 0 atom stereocenters. The SMILES string of the molecule is CCCC(=O)Nc1ccc(N)cc1Cl. The van der Waals surface area contributed by atoms with Crippen LogP contribution in [0.25, 0.3) is 0 Å². The molecule has 0 fully saturated rings. The summed E-state index contributed by atoms with van der Waals surface area (Å²) in [7, 11) is 0. The summed E-state index contributed by atoms with van der Waals surface area (Å²) >= 11 is 5.88. The van der Waals surface area contributed by atoms with Crippen molar-refractivity contribution >= 4 is 28.9 Å². The highest BCUT2D eigenvalue weighted by Gasteiger charge is 2.04. The molecule has 1 rings (SSSR count). The maximum absolute atomic E-state index is 11.2. The third-order valence-electron chi connectivity index (χ3n) is 1.74. The monoisotopic (exact) mass is 212 g/mol. The Morgan fingerprint density at radius 2 is 2.29 bits per heavy atom. The number of carbonyl (C=O) groups excluding carboxylic acids is 1. The van der Waals surface area contributed by atoms with Crippen LogP contribution in [-0.2, 0) is 4.79 Å². The van der Waals surface area contributed by atoms with Crippen LogP contribution in [0.4, 0.5) is 11.4 Å². The van der Waals surface area contributed by atoms with E-state index in [0.29, 0.717) is 22.8 Å². The van der Waals surface area contributed by atoms with Gasteiger partial charge in [0, 0.05) is 12.1 Å². The third-order valence-corrected chi connectivity index (χ3v) is 2.06. The van der Waals surface area contributed by atoms with E-state index in [1.807, 2.05) is 6.92 Å². The lowest BCUT2D eigenvalue weighted by atomic mass is 10.2. The average molecular weight is 213 g/mol. The van der Waals surface area contributed by atoms with Crippen molar-refractivity contribution in [1.82, 2.24) is 0 Å². The van der Waals surface area contributed by atoms with Gasteiger partial charge in [-0.1, -0.05) is 18.5 Å². The molecule has 0 aliphatic carbocycles. The van der Waals surface area contributed by atoms with Crippen molar-refractivity contribution < 1.29 is 4.79 Å². The minimum atomic E-state index is -0.0285. The van der Waals surface area contributed by atoms with E-state index in [4.69, 9.17) is 17.3 Å². The normalized spacial score (nSPS) is 9.86. The molecule has 0 saturated carbocycles. The number of nitrogens with one attached hydrogen (secondary N) is 1. The quantitative estimate of drug-likeness (QED) is 0.757. The Morgan fingerprint density at radius 3 is 2.86 bits per heavy atom. The Balaban J connectivity index is 2.72. The molecule has 0 spiro atoms. The van der Waals surface area contributed by atoms with Gasteiger partial charge in [-0.3, -0.25) is 4.79 Å². The van der Waals surface area contributed by atoms with E-state index < -0.39 is 0 Å². The van der Waals surface area contributed by atoms with Crippen LogP contribution in [0.5, 0.6) is 0 Å². The summed E-state index contributed by atoms with van der Waals surface area (Å²) in [4.78, 5) is 11.2. The highest BCUT2D eigenvalue weighted by molar-refractivity contribution is 6.34. The summed E-state index contributed by atoms with van der Waals surface area (Å²) in [6.07, 6.45) is 1.32. The van der Waals surface area contributed by atoms with E-state index in [9.17, 15) is 4.79 Å². The standard InChI is InChI=1S/C10H13ClN2O/c1-2-3-10(14)13-9-5-4-7(12)6-8(9)11/h4-6H,2-3,12H2,1H3,(H,13,14). The summed E-state index contributed by atoms with van der Waals surface area (Å²) < 4.78 is 0. The average Bonchev–Trinajstić information content (AvgIpc) is 2.10. The molecule has 4 heteroatoms. The van der Waals surface area contributed by atoms with E-state index in [-0.39, 0.29) is 5.91 Å². The summed E-state index contributed by atoms with van der Waals surface area (Å²) in [6.45, 7) is 1.95. The van der Waals surface area contributed by atoms with Crippen LogP contribution in [-0.4, -0.2) is 5.91 Å². The number of carbonyl (C=O) groups is 1. The number of nitrogen functional groups attached to an aromatic ring is 1. The molecule has 14 heavy (non-hydrogen) atoms. The first kappa shape index (κ1) is 10.9. The van der Waals surface area contributed by atoms with Gasteiger partial charge >= 0.3 is 0 Å². The van der Waals surface area contributed by atoms with Crippen molar-refractivity contribution in [2.24, 2.45) is 0 Å². The zero-order valence-corrected chi connectivity index (χ0v) is 8.77. The van der Waals surface area contributed by atoms with Crippen molar-refractivity contribution in [3.63, 3.8) is 0 Å². The molecule has 0 saturated heterocycles. The molecule has 1 aromatic carbocycles. The Morgan fingerprint density at radius 1 is 1.57 bits per heavy atom. The predicted molar refractivity (Wildman–Crippen MR) is 59.4 cm³/mol. The lowest BCUT2D eigenvalue weighted by molar-refractivity contribution is -0.116. The summed E-state index contributed by atoms with van der Waals surface area (Å²) in [5.41, 5.74) is 6.72. The first-order valence-corrected chi connectivity index (χ1v) is 4.86. The van der Waals surface area contributed by atoms with E-state index in [1.165, 1.54) is 0 Å². The van der Waals surface area contributed by atoms with Crippen molar-refractivity contribution in [2.45, 2.75) is 19.8 Å². The number of nitrogens with two attached hydrogens (primary N) is 1. The van der Waals surface area contributed by atoms with Gasteiger partial charge in [-0.25, -0.2) is 0 Å². The second-order valence-electron chi connectivity index (χ2n) is 3.04. The number of anilines is 2. The molecule has 0 radical (unpaired) electrons. The minimum absolute atomic E-state index is 0.0285. The van der Waals surface area contributed by atoms with E-state index >= 15 is 0 Å². The Labute approximate surface area is 88.2 Å². The van der Waals surface area contributed by atoms with Gasteiger partial charge in [0.05, 0.1) is 10.7 Å². The summed E-state index contributed by atoms with van der Waals surface area (Å²) in [5.74, 6) is -0.0285. The van der Waals surface area contributed by atoms with Crippen molar-refractivity contribution in [1.29, 1.82) is 0 Å². The second kappa shape index (κ2) is 4.86. The molecule has 3 nitrogen and oxygen atoms in total. The fraction of sp³-hybridized carbons (Fsp3) is 0.300. The van der Waals surface area contributed by atoms with Crippen LogP contribution < -0.4 is 11.1 Å². The van der Waals surface area contributed by atoms with Gasteiger partial charge in [0.1, 0.15) is 0 Å². The smallest absolute Gasteiger partial charge is 0.224 e. The number of hydrogen-bond donors (Lipinski definition) is 2. The molecular weight excluding hydrogens is 200 g/mol. The van der Waals surface area contributed by atoms with E-state index in [1.54, 1.807) is 18.2 Å². The zero-order chi connectivity index (χ0) is 10.6. The largest absolute Gasteiger partial charge is 0.399 e. The number of amides is 1. The van der Waals surface area contributed by atoms with Crippen LogP contribution in [0.15, 0.2) is 18.2 Å². The Bertz CT molecular complexity index is 339. The number of rotatable bonds is 3. The molecule has 0 aromatic heterocycles. The zero-order valence-electron chi connectivity index (χ0n) is 8.01. The van der Waals surface area contributed by atoms with Crippen LogP contribution in [0.1, 0.15) is 19.8 Å². The van der Waals surface area contributed by atoms with Gasteiger partial charge in [0.15, 0.2) is 0 Å². The first-order chi connectivity index (χ1) is 6.63. The predicted octanol–water partition coefficient (Wildman–Crippen LogP) is 2.66. The van der Waals surface area contributed by atoms with Crippen molar-refractivity contribution in [3.8, 4) is 0 Å². The summed E-state index contributed by atoms with van der Waals surface area (Å²) in [6, 6.07) is 5.02. The van der Waals surface area contributed by atoms with Crippen LogP contribution in [0, 0.1) is 0 Å². The minimum Gasteiger partial charge on any atom is -0.399 e. The Kier molecular flexibility index (Phi) is 3.77. The van der Waals surface area contributed by atoms with Crippen LogP contribution >= 0.6 is 11.6 Å². The molecule has 1 aromatic rings. The third kappa shape index (κ3) is 2.92. The molecule has 3 N–H and O–H groups in total. The highest BCUT2D eigenvalue weighted by atomic mass is 35.5. The molecule has 0 aliphatic heterocycles. The summed E-state index contributed by atoms with van der Waals surface area (Å²) in [5, 5.41) is 3.18. The molecule has 76 valence electrons. The molecule has 0 aliphatic rings. The fourth-order valence-corrected chi connectivity index (χ4v) is 1.31. The molecule has 0 heterocycles. The molecule has 0 bridgehead atoms. The lowest BCUT2D eigenvalue weighted by Crippen LogP contribution is -2.10. The van der Waals surface area contributed by atoms with Gasteiger partial charge in [-0.05, 0) is 24.6 Å². The van der Waals surface area contributed by atoms with Gasteiger partial charge < -0.3 is 11.1 Å².